The van der Waals surface area contributed by atoms with Crippen LogP contribution in [0.25, 0.3) is 0 Å². The van der Waals surface area contributed by atoms with Crippen molar-refractivity contribution in [2.24, 2.45) is 0 Å². The molecule has 0 radical (unpaired) electrons. The number of aromatic hydroxyl groups is 1. The van der Waals surface area contributed by atoms with Gasteiger partial charge in [0.2, 0.25) is 0 Å². The van der Waals surface area contributed by atoms with Gasteiger partial charge in [-0.05, 0) is 39.0 Å². The van der Waals surface area contributed by atoms with E-state index in [-0.39, 0.29) is 41.2 Å². The van der Waals surface area contributed by atoms with E-state index in [1.54, 1.807) is 24.3 Å². The molecular weight excluding hydrogens is 398 g/mol. The van der Waals surface area contributed by atoms with Gasteiger partial charge in [-0.3, -0.25) is 4.79 Å². The first-order valence-corrected chi connectivity index (χ1v) is 10.0. The van der Waals surface area contributed by atoms with Crippen molar-refractivity contribution in [1.82, 2.24) is 0 Å². The maximum atomic E-state index is 13.0. The molecule has 2 aromatic rings. The van der Waals surface area contributed by atoms with Crippen LogP contribution in [0, 0.1) is 0 Å². The summed E-state index contributed by atoms with van der Waals surface area (Å²) in [7, 11) is 0. The zero-order valence-corrected chi connectivity index (χ0v) is 18.0. The number of phenols is 1. The van der Waals surface area contributed by atoms with Gasteiger partial charge >= 0.3 is 11.9 Å². The van der Waals surface area contributed by atoms with Gasteiger partial charge < -0.3 is 19.5 Å². The van der Waals surface area contributed by atoms with Crippen molar-refractivity contribution < 1.29 is 29.0 Å². The molecule has 31 heavy (non-hydrogen) atoms. The molecule has 0 aliphatic carbocycles. The van der Waals surface area contributed by atoms with Gasteiger partial charge in [0, 0.05) is 36.0 Å². The molecule has 0 aliphatic rings. The Bertz CT molecular complexity index is 978. The van der Waals surface area contributed by atoms with E-state index in [2.05, 4.69) is 6.58 Å². The highest BCUT2D eigenvalue weighted by atomic mass is 16.6. The minimum Gasteiger partial charge on any atom is -0.507 e. The summed E-state index contributed by atoms with van der Waals surface area (Å²) in [6, 6.07) is 11.0. The maximum Gasteiger partial charge on any atom is 0.339 e. The molecule has 0 saturated heterocycles. The number of carbonyl (C=O) groups excluding carboxylic acids is 3. The molecule has 0 bridgehead atoms. The topological polar surface area (TPSA) is 93.1 Å². The van der Waals surface area contributed by atoms with Crippen molar-refractivity contribution in [1.29, 1.82) is 0 Å². The minimum atomic E-state index is -0.727. The molecule has 2 aromatic carbocycles. The van der Waals surface area contributed by atoms with E-state index >= 15 is 0 Å². The summed E-state index contributed by atoms with van der Waals surface area (Å²) in [5.74, 6) is -1.96. The molecule has 2 rings (SSSR count). The second kappa shape index (κ2) is 11.0. The number of benzene rings is 2. The fourth-order valence-electron chi connectivity index (χ4n) is 2.97. The van der Waals surface area contributed by atoms with Gasteiger partial charge in [-0.25, -0.2) is 9.59 Å². The van der Waals surface area contributed by atoms with Crippen molar-refractivity contribution in [3.63, 3.8) is 0 Å². The lowest BCUT2D eigenvalue weighted by molar-refractivity contribution is -0.140. The first kappa shape index (κ1) is 23.7. The third-order valence-corrected chi connectivity index (χ3v) is 4.64. The van der Waals surface area contributed by atoms with Gasteiger partial charge in [0.1, 0.15) is 19.0 Å². The molecule has 0 amide bonds. The van der Waals surface area contributed by atoms with Crippen LogP contribution in [0.2, 0.25) is 0 Å². The Morgan fingerprint density at radius 2 is 1.55 bits per heavy atom. The van der Waals surface area contributed by atoms with E-state index in [1.165, 1.54) is 25.1 Å². The normalized spacial score (nSPS) is 10.3. The van der Waals surface area contributed by atoms with Crippen LogP contribution >= 0.6 is 0 Å². The molecule has 7 heteroatoms. The van der Waals surface area contributed by atoms with Gasteiger partial charge in [0.25, 0.3) is 0 Å². The zero-order chi connectivity index (χ0) is 23.0. The molecule has 164 valence electrons. The average molecular weight is 425 g/mol. The summed E-state index contributed by atoms with van der Waals surface area (Å²) in [5.41, 5.74) is 1.31. The van der Waals surface area contributed by atoms with Gasteiger partial charge in [0.05, 0.1) is 11.1 Å². The summed E-state index contributed by atoms with van der Waals surface area (Å²) in [6.45, 7) is 10.2. The molecule has 7 nitrogen and oxygen atoms in total. The highest BCUT2D eigenvalue weighted by Crippen LogP contribution is 2.27. The second-order valence-corrected chi connectivity index (χ2v) is 6.80. The Morgan fingerprint density at radius 1 is 0.935 bits per heavy atom. The van der Waals surface area contributed by atoms with Crippen LogP contribution in [0.5, 0.6) is 5.75 Å². The fourth-order valence-corrected chi connectivity index (χ4v) is 2.97. The molecule has 0 aromatic heterocycles. The summed E-state index contributed by atoms with van der Waals surface area (Å²) in [6.07, 6.45) is 0. The predicted molar refractivity (Wildman–Crippen MR) is 118 cm³/mol. The standard InChI is InChI=1S/C24H27NO6/c1-5-25(6-2)17-11-12-20(21(26)15-17)22(27)18-9-7-8-10-19(18)24(29)31-14-13-30-23(28)16(3)4/h7-12,15,26H,3,5-6,13-14H2,1-2,4H3. The quantitative estimate of drug-likeness (QED) is 0.268. The lowest BCUT2D eigenvalue weighted by Crippen LogP contribution is -2.21. The Balaban J connectivity index is 2.17. The monoisotopic (exact) mass is 425 g/mol. The molecule has 0 spiro atoms. The third kappa shape index (κ3) is 5.94. The highest BCUT2D eigenvalue weighted by molar-refractivity contribution is 6.15. The zero-order valence-electron chi connectivity index (χ0n) is 18.0. The Morgan fingerprint density at radius 3 is 2.13 bits per heavy atom. The van der Waals surface area contributed by atoms with Gasteiger partial charge in [-0.15, -0.1) is 0 Å². The van der Waals surface area contributed by atoms with Crippen molar-refractivity contribution in [3.05, 3.63) is 71.3 Å². The SMILES string of the molecule is C=C(C)C(=O)OCCOC(=O)c1ccccc1C(=O)c1ccc(N(CC)CC)cc1O. The molecule has 0 saturated carbocycles. The highest BCUT2D eigenvalue weighted by Gasteiger charge is 2.22. The molecule has 0 heterocycles. The molecule has 0 fully saturated rings. The van der Waals surface area contributed by atoms with Crippen LogP contribution < -0.4 is 4.90 Å². The van der Waals surface area contributed by atoms with Crippen LogP contribution in [0.4, 0.5) is 5.69 Å². The summed E-state index contributed by atoms with van der Waals surface area (Å²) < 4.78 is 10.0. The van der Waals surface area contributed by atoms with E-state index in [1.807, 2.05) is 18.7 Å². The van der Waals surface area contributed by atoms with Crippen LogP contribution in [-0.2, 0) is 14.3 Å². The number of nitrogens with zero attached hydrogens (tertiary/aromatic N) is 1. The third-order valence-electron chi connectivity index (χ3n) is 4.64. The van der Waals surface area contributed by atoms with Crippen LogP contribution in [0.3, 0.4) is 0 Å². The number of carbonyl (C=O) groups is 3. The van der Waals surface area contributed by atoms with Gasteiger partial charge in [0.15, 0.2) is 5.78 Å². The lowest BCUT2D eigenvalue weighted by Gasteiger charge is -2.21. The fraction of sp³-hybridized carbons (Fsp3) is 0.292. The van der Waals surface area contributed by atoms with E-state index in [4.69, 9.17) is 9.47 Å². The number of ketones is 1. The first-order chi connectivity index (χ1) is 14.8. The number of ether oxygens (including phenoxy) is 2. The molecule has 0 atom stereocenters. The number of hydrogen-bond donors (Lipinski definition) is 1. The number of hydrogen-bond acceptors (Lipinski definition) is 7. The molecule has 0 aliphatic heterocycles. The van der Waals surface area contributed by atoms with Crippen molar-refractivity contribution in [2.75, 3.05) is 31.2 Å². The minimum absolute atomic E-state index is 0.0611. The Kier molecular flexibility index (Phi) is 8.37. The van der Waals surface area contributed by atoms with Crippen LogP contribution in [0.15, 0.2) is 54.6 Å². The van der Waals surface area contributed by atoms with Crippen molar-refractivity contribution >= 4 is 23.4 Å². The number of anilines is 1. The maximum absolute atomic E-state index is 13.0. The predicted octanol–water partition coefficient (Wildman–Crippen LogP) is 3.75. The summed E-state index contributed by atoms with van der Waals surface area (Å²) in [5, 5.41) is 10.4. The van der Waals surface area contributed by atoms with E-state index in [9.17, 15) is 19.5 Å². The average Bonchev–Trinajstić information content (AvgIpc) is 2.76. The second-order valence-electron chi connectivity index (χ2n) is 6.80. The van der Waals surface area contributed by atoms with Crippen LogP contribution in [-0.4, -0.2) is 49.1 Å². The number of esters is 2. The largest absolute Gasteiger partial charge is 0.507 e. The van der Waals surface area contributed by atoms with E-state index in [0.717, 1.165) is 18.8 Å². The van der Waals surface area contributed by atoms with E-state index in [0.29, 0.717) is 0 Å². The smallest absolute Gasteiger partial charge is 0.339 e. The van der Waals surface area contributed by atoms with Gasteiger partial charge in [-0.2, -0.15) is 0 Å². The first-order valence-electron chi connectivity index (χ1n) is 10.0. The summed E-state index contributed by atoms with van der Waals surface area (Å²) in [4.78, 5) is 38.9. The lowest BCUT2D eigenvalue weighted by atomic mass is 9.97. The Labute approximate surface area is 181 Å². The van der Waals surface area contributed by atoms with Crippen molar-refractivity contribution in [3.8, 4) is 5.75 Å². The van der Waals surface area contributed by atoms with E-state index < -0.39 is 17.7 Å². The Hall–Kier alpha value is -3.61. The summed E-state index contributed by atoms with van der Waals surface area (Å²) >= 11 is 0. The molecule has 0 unspecified atom stereocenters. The molecule has 1 N–H and O–H groups in total. The number of rotatable bonds is 10. The van der Waals surface area contributed by atoms with Gasteiger partial charge in [-0.1, -0.05) is 24.8 Å². The number of phenolic OH excluding ortho intramolecular Hbond substituents is 1. The van der Waals surface area contributed by atoms with Crippen LogP contribution in [0.1, 0.15) is 47.1 Å². The molecular formula is C24H27NO6. The van der Waals surface area contributed by atoms with Crippen molar-refractivity contribution in [2.45, 2.75) is 20.8 Å².